The van der Waals surface area contributed by atoms with Crippen LogP contribution in [0.1, 0.15) is 70.8 Å². The summed E-state index contributed by atoms with van der Waals surface area (Å²) in [5, 5.41) is 4.21. The summed E-state index contributed by atoms with van der Waals surface area (Å²) in [6.07, 6.45) is 6.23. The zero-order chi connectivity index (χ0) is 26.5. The highest BCUT2D eigenvalue weighted by Gasteiger charge is 2.47. The number of rotatable bonds is 8. The van der Waals surface area contributed by atoms with Crippen LogP contribution in [0.25, 0.3) is 0 Å². The number of hydrogen-bond acceptors (Lipinski definition) is 4. The molecule has 1 atom stereocenters. The standard InChI is InChI=1S/C28H44Cl2N4O2/c1-27(2,3)25(35)31-20-22(21-9-10-23(29)24(30)19-21)11-16-33-17-12-28(13-18-33,26(36)32(4)5)34-14-7-6-8-15-34/h9-10,19,22H,6-8,11-18,20H2,1-5H3,(H,31,35). The summed E-state index contributed by atoms with van der Waals surface area (Å²) in [6.45, 7) is 11.1. The van der Waals surface area contributed by atoms with Crippen molar-refractivity contribution in [2.75, 3.05) is 53.4 Å². The monoisotopic (exact) mass is 538 g/mol. The minimum atomic E-state index is -0.439. The SMILES string of the molecule is CN(C)C(=O)C1(N2CCCCC2)CCN(CCC(CNC(=O)C(C)(C)C)c2ccc(Cl)c(Cl)c2)CC1. The Morgan fingerprint density at radius 1 is 1.03 bits per heavy atom. The van der Waals surface area contributed by atoms with Gasteiger partial charge < -0.3 is 15.1 Å². The van der Waals surface area contributed by atoms with E-state index in [-0.39, 0.29) is 23.3 Å². The van der Waals surface area contributed by atoms with E-state index in [1.165, 1.54) is 19.3 Å². The lowest BCUT2D eigenvalue weighted by molar-refractivity contribution is -0.147. The predicted octanol–water partition coefficient (Wildman–Crippen LogP) is 5.04. The van der Waals surface area contributed by atoms with Gasteiger partial charge in [-0.1, -0.05) is 56.5 Å². The Kier molecular flexibility index (Phi) is 10.1. The van der Waals surface area contributed by atoms with Gasteiger partial charge in [0.1, 0.15) is 5.54 Å². The molecule has 0 saturated carbocycles. The summed E-state index contributed by atoms with van der Waals surface area (Å²) >= 11 is 12.5. The highest BCUT2D eigenvalue weighted by molar-refractivity contribution is 6.42. The van der Waals surface area contributed by atoms with E-state index < -0.39 is 5.41 Å². The lowest BCUT2D eigenvalue weighted by atomic mass is 9.82. The molecule has 2 fully saturated rings. The largest absolute Gasteiger partial charge is 0.355 e. The Morgan fingerprint density at radius 2 is 1.67 bits per heavy atom. The van der Waals surface area contributed by atoms with Gasteiger partial charge in [0.25, 0.3) is 0 Å². The normalized spacial score (nSPS) is 20.1. The smallest absolute Gasteiger partial charge is 0.242 e. The molecule has 2 heterocycles. The quantitative estimate of drug-likeness (QED) is 0.503. The Balaban J connectivity index is 1.67. The molecule has 1 aromatic rings. The fourth-order valence-corrected chi connectivity index (χ4v) is 5.83. The van der Waals surface area contributed by atoms with Gasteiger partial charge in [-0.2, -0.15) is 0 Å². The average molecular weight is 540 g/mol. The maximum atomic E-state index is 13.4. The van der Waals surface area contributed by atoms with Crippen LogP contribution < -0.4 is 5.32 Å². The third-order valence-corrected chi connectivity index (χ3v) is 8.59. The predicted molar refractivity (Wildman–Crippen MR) is 149 cm³/mol. The molecule has 36 heavy (non-hydrogen) atoms. The van der Waals surface area contributed by atoms with Crippen molar-refractivity contribution in [3.05, 3.63) is 33.8 Å². The first-order valence-electron chi connectivity index (χ1n) is 13.4. The fraction of sp³-hybridized carbons (Fsp3) is 0.714. The number of amides is 2. The van der Waals surface area contributed by atoms with E-state index in [0.717, 1.165) is 57.5 Å². The number of carbonyl (C=O) groups excluding carboxylic acids is 2. The summed E-state index contributed by atoms with van der Waals surface area (Å²) in [5.41, 5.74) is 0.275. The molecule has 0 spiro atoms. The Hall–Kier alpha value is -1.34. The fourth-order valence-electron chi connectivity index (χ4n) is 5.52. The number of benzene rings is 1. The van der Waals surface area contributed by atoms with Gasteiger partial charge in [-0.25, -0.2) is 0 Å². The minimum absolute atomic E-state index is 0.0408. The minimum Gasteiger partial charge on any atom is -0.355 e. The summed E-state index contributed by atoms with van der Waals surface area (Å²) in [6, 6.07) is 5.76. The van der Waals surface area contributed by atoms with Crippen molar-refractivity contribution in [3.8, 4) is 0 Å². The molecule has 1 N–H and O–H groups in total. The van der Waals surface area contributed by atoms with Crippen LogP contribution in [0.4, 0.5) is 0 Å². The van der Waals surface area contributed by atoms with E-state index in [0.29, 0.717) is 16.6 Å². The van der Waals surface area contributed by atoms with Gasteiger partial charge >= 0.3 is 0 Å². The molecule has 0 aliphatic carbocycles. The van der Waals surface area contributed by atoms with Crippen LogP contribution in [0.2, 0.25) is 10.0 Å². The lowest BCUT2D eigenvalue weighted by Gasteiger charge is -2.50. The molecular weight excluding hydrogens is 495 g/mol. The molecule has 2 aliphatic heterocycles. The highest BCUT2D eigenvalue weighted by atomic mass is 35.5. The van der Waals surface area contributed by atoms with Gasteiger partial charge in [-0.05, 0) is 69.4 Å². The zero-order valence-corrected chi connectivity index (χ0v) is 24.2. The van der Waals surface area contributed by atoms with Gasteiger partial charge in [0.05, 0.1) is 10.0 Å². The number of likely N-dealkylation sites (N-methyl/N-ethyl adjacent to an activating group) is 1. The van der Waals surface area contributed by atoms with Crippen LogP contribution in [0, 0.1) is 5.41 Å². The van der Waals surface area contributed by atoms with Gasteiger partial charge in [-0.3, -0.25) is 14.5 Å². The summed E-state index contributed by atoms with van der Waals surface area (Å²) in [7, 11) is 3.77. The Morgan fingerprint density at radius 3 is 2.22 bits per heavy atom. The molecule has 6 nitrogen and oxygen atoms in total. The molecule has 0 aromatic heterocycles. The summed E-state index contributed by atoms with van der Waals surface area (Å²) < 4.78 is 0. The summed E-state index contributed by atoms with van der Waals surface area (Å²) in [4.78, 5) is 32.6. The molecule has 1 unspecified atom stereocenters. The van der Waals surface area contributed by atoms with Crippen LogP contribution >= 0.6 is 23.2 Å². The van der Waals surface area contributed by atoms with Crippen LogP contribution in [0.5, 0.6) is 0 Å². The number of hydrogen-bond donors (Lipinski definition) is 1. The maximum absolute atomic E-state index is 13.4. The van der Waals surface area contributed by atoms with E-state index in [1.54, 1.807) is 4.90 Å². The van der Waals surface area contributed by atoms with Crippen molar-refractivity contribution < 1.29 is 9.59 Å². The van der Waals surface area contributed by atoms with Crippen molar-refractivity contribution in [1.82, 2.24) is 20.0 Å². The highest BCUT2D eigenvalue weighted by Crippen LogP contribution is 2.34. The topological polar surface area (TPSA) is 55.9 Å². The first-order chi connectivity index (χ1) is 16.9. The van der Waals surface area contributed by atoms with Gasteiger partial charge in [0.2, 0.25) is 11.8 Å². The van der Waals surface area contributed by atoms with Gasteiger partial charge in [0, 0.05) is 45.1 Å². The number of likely N-dealkylation sites (tertiary alicyclic amines) is 2. The van der Waals surface area contributed by atoms with Crippen molar-refractivity contribution >= 4 is 35.0 Å². The zero-order valence-electron chi connectivity index (χ0n) is 22.7. The number of piperidine rings is 2. The lowest BCUT2D eigenvalue weighted by Crippen LogP contribution is -2.64. The first-order valence-corrected chi connectivity index (χ1v) is 14.1. The molecule has 0 bridgehead atoms. The molecular formula is C28H44Cl2N4O2. The molecule has 3 rings (SSSR count). The number of nitrogens with one attached hydrogen (secondary N) is 1. The second-order valence-electron chi connectivity index (χ2n) is 11.7. The van der Waals surface area contributed by atoms with Crippen LogP contribution in [-0.4, -0.2) is 85.4 Å². The van der Waals surface area contributed by atoms with Crippen LogP contribution in [0.15, 0.2) is 18.2 Å². The molecule has 2 amide bonds. The van der Waals surface area contributed by atoms with Crippen molar-refractivity contribution in [2.45, 2.75) is 70.8 Å². The molecule has 0 radical (unpaired) electrons. The number of carbonyl (C=O) groups is 2. The molecule has 202 valence electrons. The first kappa shape index (κ1) is 29.2. The van der Waals surface area contributed by atoms with E-state index in [9.17, 15) is 9.59 Å². The average Bonchev–Trinajstić information content (AvgIpc) is 2.85. The third-order valence-electron chi connectivity index (χ3n) is 7.85. The van der Waals surface area contributed by atoms with Crippen molar-refractivity contribution in [2.24, 2.45) is 5.41 Å². The van der Waals surface area contributed by atoms with Crippen LogP contribution in [0.3, 0.4) is 0 Å². The maximum Gasteiger partial charge on any atom is 0.242 e. The Labute approximate surface area is 227 Å². The van der Waals surface area contributed by atoms with Gasteiger partial charge in [-0.15, -0.1) is 0 Å². The molecule has 1 aromatic carbocycles. The summed E-state index contributed by atoms with van der Waals surface area (Å²) in [5.74, 6) is 0.421. The molecule has 2 saturated heterocycles. The third kappa shape index (κ3) is 7.15. The van der Waals surface area contributed by atoms with E-state index in [1.807, 2.05) is 53.1 Å². The second-order valence-corrected chi connectivity index (χ2v) is 12.6. The molecule has 8 heteroatoms. The van der Waals surface area contributed by atoms with Gasteiger partial charge in [0.15, 0.2) is 0 Å². The van der Waals surface area contributed by atoms with Crippen molar-refractivity contribution in [3.63, 3.8) is 0 Å². The molecule has 2 aliphatic rings. The van der Waals surface area contributed by atoms with E-state index in [4.69, 9.17) is 23.2 Å². The Bertz CT molecular complexity index is 901. The van der Waals surface area contributed by atoms with Crippen LogP contribution in [-0.2, 0) is 9.59 Å². The second kappa shape index (κ2) is 12.5. The number of halogens is 2. The number of nitrogens with zero attached hydrogens (tertiary/aromatic N) is 3. The van der Waals surface area contributed by atoms with Crippen molar-refractivity contribution in [1.29, 1.82) is 0 Å². The van der Waals surface area contributed by atoms with E-state index in [2.05, 4.69) is 15.1 Å². The van der Waals surface area contributed by atoms with E-state index >= 15 is 0 Å².